The van der Waals surface area contributed by atoms with Crippen LogP contribution in [0.4, 0.5) is 16.2 Å². The van der Waals surface area contributed by atoms with E-state index < -0.39 is 22.8 Å². The van der Waals surface area contributed by atoms with Crippen LogP contribution in [0.25, 0.3) is 0 Å². The molecule has 34 heavy (non-hydrogen) atoms. The second kappa shape index (κ2) is 9.18. The summed E-state index contributed by atoms with van der Waals surface area (Å²) in [4.78, 5) is 38.6. The molecule has 1 atom stereocenters. The minimum Gasteiger partial charge on any atom is -0.493 e. The second-order valence-corrected chi connectivity index (χ2v) is 7.50. The van der Waals surface area contributed by atoms with Crippen molar-refractivity contribution >= 4 is 29.0 Å². The van der Waals surface area contributed by atoms with Gasteiger partial charge in [0.05, 0.1) is 26.3 Å². The molecule has 0 radical (unpaired) electrons. The average molecular weight is 464 g/mol. The zero-order valence-electron chi connectivity index (χ0n) is 18.8. The Morgan fingerprint density at radius 1 is 1.00 bits per heavy atom. The van der Waals surface area contributed by atoms with Crippen LogP contribution >= 0.6 is 0 Å². The van der Waals surface area contributed by atoms with Gasteiger partial charge in [-0.1, -0.05) is 18.2 Å². The van der Waals surface area contributed by atoms with Crippen LogP contribution in [0.1, 0.15) is 5.56 Å². The Morgan fingerprint density at radius 2 is 1.65 bits per heavy atom. The van der Waals surface area contributed by atoms with Gasteiger partial charge in [-0.25, -0.2) is 4.79 Å². The highest BCUT2D eigenvalue weighted by Gasteiger charge is 2.48. The van der Waals surface area contributed by atoms with E-state index in [0.717, 1.165) is 4.90 Å². The van der Waals surface area contributed by atoms with E-state index in [9.17, 15) is 19.7 Å². The number of carbonyl (C=O) groups excluding carboxylic acids is 2. The summed E-state index contributed by atoms with van der Waals surface area (Å²) in [6, 6.07) is 8.44. The lowest BCUT2D eigenvalue weighted by Gasteiger charge is -2.27. The Kier molecular flexibility index (Phi) is 6.13. The maximum Gasteiger partial charge on any atom is 0.506 e. The molecule has 174 valence electrons. The van der Waals surface area contributed by atoms with E-state index in [1.54, 1.807) is 36.4 Å². The number of methoxy groups -OCH3 is 3. The molecule has 1 unspecified atom stereocenters. The van der Waals surface area contributed by atoms with Crippen LogP contribution in [-0.4, -0.2) is 48.5 Å². The first kappa shape index (κ1) is 22.7. The summed E-state index contributed by atoms with van der Waals surface area (Å²) in [5.41, 5.74) is 1.42. The van der Waals surface area contributed by atoms with Crippen molar-refractivity contribution in [2.45, 2.75) is 6.54 Å². The number of nitro benzene ring substituents is 1. The standard InChI is InChI=1S/C24H22N3O7/c1-32-20-12-17(13-21(33-2)22(20)34-3)26-23(28)18-6-4-5-7-19(18)25(24(26)29)14-15-8-10-16(11-9-15)27(30)31/h4-13,18H,14H2,1-3H3/q+1. The van der Waals surface area contributed by atoms with E-state index in [4.69, 9.17) is 14.2 Å². The van der Waals surface area contributed by atoms with E-state index in [1.165, 1.54) is 50.2 Å². The normalized spacial score (nSPS) is 17.0. The summed E-state index contributed by atoms with van der Waals surface area (Å²) in [6.45, 7) is 0.120. The van der Waals surface area contributed by atoms with Crippen molar-refractivity contribution < 1.29 is 33.3 Å². The Labute approximate surface area is 195 Å². The number of non-ortho nitro benzene ring substituents is 1. The largest absolute Gasteiger partial charge is 0.506 e. The number of urea groups is 1. The van der Waals surface area contributed by atoms with Crippen molar-refractivity contribution in [3.05, 3.63) is 76.4 Å². The fourth-order valence-electron chi connectivity index (χ4n) is 3.96. The highest BCUT2D eigenvalue weighted by molar-refractivity contribution is 6.26. The zero-order chi connectivity index (χ0) is 24.4. The molecule has 2 aliphatic rings. The van der Waals surface area contributed by atoms with Gasteiger partial charge in [0.15, 0.2) is 11.5 Å². The van der Waals surface area contributed by atoms with Gasteiger partial charge in [0, 0.05) is 24.3 Å². The minimum atomic E-state index is -0.681. The van der Waals surface area contributed by atoms with Crippen molar-refractivity contribution in [3.8, 4) is 17.2 Å². The molecule has 10 heteroatoms. The van der Waals surface area contributed by atoms with Crippen LogP contribution in [-0.2, 0) is 11.3 Å². The molecule has 0 saturated carbocycles. The summed E-state index contributed by atoms with van der Waals surface area (Å²) in [5, 5.41) is 11.0. The first-order valence-electron chi connectivity index (χ1n) is 10.3. The molecule has 3 amide bonds. The van der Waals surface area contributed by atoms with Gasteiger partial charge >= 0.3 is 11.9 Å². The maximum atomic E-state index is 13.7. The SMILES string of the molecule is COc1cc(N2C(=O)C3C=CC=CC3=[N+](Cc3ccc([N+](=O)[O-])cc3)C2=O)cc(OC)c1OC. The fraction of sp³-hybridized carbons (Fsp3) is 0.208. The number of imide groups is 1. The van der Waals surface area contributed by atoms with Crippen molar-refractivity contribution in [1.29, 1.82) is 0 Å². The van der Waals surface area contributed by atoms with Crippen molar-refractivity contribution in [2.75, 3.05) is 26.2 Å². The summed E-state index contributed by atoms with van der Waals surface area (Å²) in [5.74, 6) is -0.169. The fourth-order valence-corrected chi connectivity index (χ4v) is 3.96. The van der Waals surface area contributed by atoms with Crippen molar-refractivity contribution in [1.82, 2.24) is 0 Å². The Balaban J connectivity index is 1.80. The van der Waals surface area contributed by atoms with Crippen LogP contribution in [0.3, 0.4) is 0 Å². The van der Waals surface area contributed by atoms with E-state index >= 15 is 0 Å². The number of fused-ring (bicyclic) bond motifs is 1. The molecular weight excluding hydrogens is 442 g/mol. The highest BCUT2D eigenvalue weighted by Crippen LogP contribution is 2.42. The quantitative estimate of drug-likeness (QED) is 0.350. The number of ether oxygens (including phenoxy) is 3. The number of carbonyl (C=O) groups is 2. The number of anilines is 1. The molecule has 1 heterocycles. The highest BCUT2D eigenvalue weighted by atomic mass is 16.6. The Bertz CT molecular complexity index is 1240. The molecule has 0 N–H and O–H groups in total. The lowest BCUT2D eigenvalue weighted by molar-refractivity contribution is -0.445. The molecule has 0 spiro atoms. The van der Waals surface area contributed by atoms with Crippen LogP contribution in [0.5, 0.6) is 17.2 Å². The molecule has 0 saturated heterocycles. The van der Waals surface area contributed by atoms with Crippen LogP contribution in [0.2, 0.25) is 0 Å². The van der Waals surface area contributed by atoms with E-state index in [0.29, 0.717) is 28.5 Å². The van der Waals surface area contributed by atoms with Gasteiger partial charge in [0.25, 0.3) is 5.69 Å². The number of allylic oxidation sites excluding steroid dienone is 3. The predicted molar refractivity (Wildman–Crippen MR) is 123 cm³/mol. The minimum absolute atomic E-state index is 0.0472. The average Bonchev–Trinajstić information content (AvgIpc) is 2.86. The Morgan fingerprint density at radius 3 is 2.21 bits per heavy atom. The number of rotatable bonds is 7. The van der Waals surface area contributed by atoms with Crippen molar-refractivity contribution in [2.24, 2.45) is 5.92 Å². The second-order valence-electron chi connectivity index (χ2n) is 7.50. The van der Waals surface area contributed by atoms with E-state index in [1.807, 2.05) is 0 Å². The molecule has 1 aliphatic heterocycles. The smallest absolute Gasteiger partial charge is 0.493 e. The molecule has 10 nitrogen and oxygen atoms in total. The molecular formula is C24H22N3O7+. The third kappa shape index (κ3) is 3.90. The van der Waals surface area contributed by atoms with Gasteiger partial charge in [-0.05, 0) is 23.8 Å². The first-order valence-corrected chi connectivity index (χ1v) is 10.3. The van der Waals surface area contributed by atoms with Crippen LogP contribution < -0.4 is 19.1 Å². The monoisotopic (exact) mass is 464 g/mol. The summed E-state index contributed by atoms with van der Waals surface area (Å²) in [6.07, 6.45) is 6.94. The molecule has 2 aromatic carbocycles. The third-order valence-corrected chi connectivity index (χ3v) is 5.62. The maximum absolute atomic E-state index is 13.7. The summed E-state index contributed by atoms with van der Waals surface area (Å²) >= 11 is 0. The number of hydrogen-bond acceptors (Lipinski definition) is 7. The van der Waals surface area contributed by atoms with Crippen LogP contribution in [0, 0.1) is 16.0 Å². The number of nitrogens with zero attached hydrogens (tertiary/aromatic N) is 3. The molecule has 0 aromatic heterocycles. The molecule has 0 bridgehead atoms. The van der Waals surface area contributed by atoms with E-state index in [2.05, 4.69) is 0 Å². The Hall–Kier alpha value is -4.47. The molecule has 4 rings (SSSR count). The number of nitro groups is 1. The van der Waals surface area contributed by atoms with Gasteiger partial charge in [0.2, 0.25) is 5.75 Å². The zero-order valence-corrected chi connectivity index (χ0v) is 18.8. The van der Waals surface area contributed by atoms with E-state index in [-0.39, 0.29) is 17.9 Å². The lowest BCUT2D eigenvalue weighted by Crippen LogP contribution is -2.54. The van der Waals surface area contributed by atoms with Crippen molar-refractivity contribution in [3.63, 3.8) is 0 Å². The number of hydrogen-bond donors (Lipinski definition) is 0. The number of benzene rings is 2. The lowest BCUT2D eigenvalue weighted by atomic mass is 9.94. The molecule has 0 fully saturated rings. The van der Waals surface area contributed by atoms with Gasteiger partial charge < -0.3 is 14.2 Å². The van der Waals surface area contributed by atoms with Gasteiger partial charge in [-0.15, -0.1) is 4.90 Å². The molecule has 2 aromatic rings. The third-order valence-electron chi connectivity index (χ3n) is 5.62. The van der Waals surface area contributed by atoms with Gasteiger partial charge in [-0.2, -0.15) is 9.37 Å². The van der Waals surface area contributed by atoms with Gasteiger partial charge in [0.1, 0.15) is 23.9 Å². The summed E-state index contributed by atoms with van der Waals surface area (Å²) in [7, 11) is 4.36. The summed E-state index contributed by atoms with van der Waals surface area (Å²) < 4.78 is 17.6. The van der Waals surface area contributed by atoms with Gasteiger partial charge in [-0.3, -0.25) is 10.1 Å². The predicted octanol–water partition coefficient (Wildman–Crippen LogP) is 3.48. The van der Waals surface area contributed by atoms with Crippen LogP contribution in [0.15, 0.2) is 60.7 Å². The first-order chi connectivity index (χ1) is 16.4. The molecule has 1 aliphatic carbocycles. The topological polar surface area (TPSA) is 111 Å². The number of amides is 3.